The number of rotatable bonds is 11. The van der Waals surface area contributed by atoms with Crippen molar-refractivity contribution < 1.29 is 18.0 Å². The Bertz CT molecular complexity index is 1590. The molecule has 236 valence electrons. The fraction of sp³-hybridized carbons (Fsp3) is 0.412. The number of hydrogen-bond donors (Lipinski definition) is 1. The SMILES string of the molecule is CC[C@H](C(=O)NC1CCCCC1)N(Cc1ccc(Cl)cc1Cl)C(=O)CN(c1ccc(C)c(C)c1)S(=O)(=O)c1ccc(C)cc1. The summed E-state index contributed by atoms with van der Waals surface area (Å²) in [5.41, 5.74) is 3.77. The van der Waals surface area contributed by atoms with Crippen molar-refractivity contribution in [3.8, 4) is 0 Å². The van der Waals surface area contributed by atoms with E-state index >= 15 is 0 Å². The molecule has 1 fully saturated rings. The van der Waals surface area contributed by atoms with Gasteiger partial charge in [0.1, 0.15) is 12.6 Å². The van der Waals surface area contributed by atoms with E-state index in [1.807, 2.05) is 33.8 Å². The van der Waals surface area contributed by atoms with Crippen molar-refractivity contribution in [3.63, 3.8) is 0 Å². The minimum absolute atomic E-state index is 0.0107. The molecule has 0 unspecified atom stereocenters. The number of amides is 2. The number of benzene rings is 3. The molecule has 10 heteroatoms. The number of hydrogen-bond acceptors (Lipinski definition) is 4. The van der Waals surface area contributed by atoms with Gasteiger partial charge in [0.25, 0.3) is 10.0 Å². The van der Waals surface area contributed by atoms with Crippen LogP contribution in [0.25, 0.3) is 0 Å². The van der Waals surface area contributed by atoms with E-state index in [1.54, 1.807) is 54.6 Å². The number of anilines is 1. The largest absolute Gasteiger partial charge is 0.352 e. The average molecular weight is 659 g/mol. The normalized spacial score (nSPS) is 14.6. The van der Waals surface area contributed by atoms with E-state index in [0.29, 0.717) is 27.7 Å². The van der Waals surface area contributed by atoms with Gasteiger partial charge in [-0.25, -0.2) is 8.42 Å². The predicted octanol–water partition coefficient (Wildman–Crippen LogP) is 7.37. The smallest absolute Gasteiger partial charge is 0.264 e. The molecule has 1 saturated carbocycles. The van der Waals surface area contributed by atoms with Crippen LogP contribution in [0.15, 0.2) is 65.6 Å². The number of carbonyl (C=O) groups is 2. The highest BCUT2D eigenvalue weighted by atomic mass is 35.5. The summed E-state index contributed by atoms with van der Waals surface area (Å²) in [7, 11) is -4.15. The van der Waals surface area contributed by atoms with E-state index in [2.05, 4.69) is 5.32 Å². The summed E-state index contributed by atoms with van der Waals surface area (Å²) in [6.45, 7) is 7.07. The molecule has 0 saturated heterocycles. The molecule has 0 aromatic heterocycles. The first-order valence-corrected chi connectivity index (χ1v) is 17.3. The lowest BCUT2D eigenvalue weighted by atomic mass is 9.95. The van der Waals surface area contributed by atoms with Gasteiger partial charge in [0.15, 0.2) is 0 Å². The van der Waals surface area contributed by atoms with Crippen molar-refractivity contribution in [3.05, 3.63) is 93.0 Å². The number of aryl methyl sites for hydroxylation is 3. The summed E-state index contributed by atoms with van der Waals surface area (Å²) in [5.74, 6) is -0.771. The van der Waals surface area contributed by atoms with Gasteiger partial charge >= 0.3 is 0 Å². The van der Waals surface area contributed by atoms with Crippen molar-refractivity contribution in [2.45, 2.75) is 89.7 Å². The van der Waals surface area contributed by atoms with E-state index in [4.69, 9.17) is 23.2 Å². The van der Waals surface area contributed by atoms with Crippen LogP contribution < -0.4 is 9.62 Å². The quantitative estimate of drug-likeness (QED) is 0.233. The summed E-state index contributed by atoms with van der Waals surface area (Å²) < 4.78 is 29.4. The Kier molecular flexibility index (Phi) is 11.4. The third-order valence-electron chi connectivity index (χ3n) is 8.36. The molecule has 44 heavy (non-hydrogen) atoms. The van der Waals surface area contributed by atoms with Crippen molar-refractivity contribution >= 4 is 50.7 Å². The summed E-state index contributed by atoms with van der Waals surface area (Å²) in [6, 6.07) is 16.1. The van der Waals surface area contributed by atoms with Gasteiger partial charge in [-0.3, -0.25) is 13.9 Å². The summed E-state index contributed by atoms with van der Waals surface area (Å²) in [4.78, 5) is 29.6. The molecule has 4 rings (SSSR count). The van der Waals surface area contributed by atoms with Gasteiger partial charge in [-0.1, -0.05) is 79.2 Å². The zero-order valence-corrected chi connectivity index (χ0v) is 28.1. The van der Waals surface area contributed by atoms with Gasteiger partial charge in [-0.2, -0.15) is 0 Å². The zero-order chi connectivity index (χ0) is 32.0. The van der Waals surface area contributed by atoms with Gasteiger partial charge in [0.2, 0.25) is 11.8 Å². The number of carbonyl (C=O) groups excluding carboxylic acids is 2. The van der Waals surface area contributed by atoms with Crippen LogP contribution in [0.3, 0.4) is 0 Å². The Morgan fingerprint density at radius 2 is 1.59 bits per heavy atom. The molecule has 1 aliphatic rings. The lowest BCUT2D eigenvalue weighted by molar-refractivity contribution is -0.140. The van der Waals surface area contributed by atoms with E-state index < -0.39 is 28.5 Å². The summed E-state index contributed by atoms with van der Waals surface area (Å²) >= 11 is 12.7. The second kappa shape index (κ2) is 14.8. The van der Waals surface area contributed by atoms with Crippen molar-refractivity contribution in [2.75, 3.05) is 10.8 Å². The predicted molar refractivity (Wildman–Crippen MR) is 178 cm³/mol. The standard InChI is InChI=1S/C34H41Cl2N3O4S/c1-5-32(34(41)37-28-9-7-6-8-10-28)38(21-26-14-15-27(35)20-31(26)36)33(40)22-39(29-16-13-24(3)25(4)19-29)44(42,43)30-17-11-23(2)12-18-30/h11-20,28,32H,5-10,21-22H2,1-4H3,(H,37,41)/t32-/m1/s1. The van der Waals surface area contributed by atoms with Gasteiger partial charge in [-0.05, 0) is 93.1 Å². The van der Waals surface area contributed by atoms with E-state index in [0.717, 1.165) is 53.1 Å². The van der Waals surface area contributed by atoms with Crippen molar-refractivity contribution in [1.82, 2.24) is 10.2 Å². The van der Waals surface area contributed by atoms with E-state index in [1.165, 1.54) is 4.90 Å². The number of nitrogens with one attached hydrogen (secondary N) is 1. The van der Waals surface area contributed by atoms with Crippen LogP contribution in [0, 0.1) is 20.8 Å². The topological polar surface area (TPSA) is 86.8 Å². The second-order valence-corrected chi connectivity index (χ2v) is 14.3. The monoisotopic (exact) mass is 657 g/mol. The molecule has 1 aliphatic carbocycles. The highest BCUT2D eigenvalue weighted by molar-refractivity contribution is 7.92. The third kappa shape index (κ3) is 8.14. The lowest BCUT2D eigenvalue weighted by Crippen LogP contribution is -2.54. The highest BCUT2D eigenvalue weighted by Gasteiger charge is 2.35. The number of halogens is 2. The molecule has 3 aromatic carbocycles. The molecule has 1 atom stereocenters. The average Bonchev–Trinajstić information content (AvgIpc) is 2.99. The summed E-state index contributed by atoms with van der Waals surface area (Å²) in [5, 5.41) is 3.96. The molecular weight excluding hydrogens is 617 g/mol. The molecular formula is C34H41Cl2N3O4S. The molecule has 7 nitrogen and oxygen atoms in total. The maximum absolute atomic E-state index is 14.4. The second-order valence-electron chi connectivity index (χ2n) is 11.6. The minimum Gasteiger partial charge on any atom is -0.352 e. The lowest BCUT2D eigenvalue weighted by Gasteiger charge is -2.34. The Labute approximate surface area is 271 Å². The number of sulfonamides is 1. The molecule has 0 spiro atoms. The Balaban J connectivity index is 1.74. The van der Waals surface area contributed by atoms with Crippen LogP contribution in [-0.2, 0) is 26.2 Å². The molecule has 3 aromatic rings. The first kappa shape index (κ1) is 33.8. The Hall–Kier alpha value is -3.07. The van der Waals surface area contributed by atoms with Crippen molar-refractivity contribution in [1.29, 1.82) is 0 Å². The molecule has 0 radical (unpaired) electrons. The van der Waals surface area contributed by atoms with Crippen LogP contribution in [-0.4, -0.2) is 43.8 Å². The Morgan fingerprint density at radius 3 is 2.20 bits per heavy atom. The van der Waals surface area contributed by atoms with Crippen molar-refractivity contribution in [2.24, 2.45) is 0 Å². The molecule has 0 heterocycles. The fourth-order valence-corrected chi connectivity index (χ4v) is 7.42. The maximum Gasteiger partial charge on any atom is 0.264 e. The zero-order valence-electron chi connectivity index (χ0n) is 25.8. The van der Waals surface area contributed by atoms with Gasteiger partial charge in [0.05, 0.1) is 10.6 Å². The molecule has 0 aliphatic heterocycles. The van der Waals surface area contributed by atoms with Crippen LogP contribution in [0.4, 0.5) is 5.69 Å². The first-order valence-electron chi connectivity index (χ1n) is 15.1. The minimum atomic E-state index is -4.15. The van der Waals surface area contributed by atoms with E-state index in [9.17, 15) is 18.0 Å². The molecule has 0 bridgehead atoms. The number of nitrogens with zero attached hydrogens (tertiary/aromatic N) is 2. The van der Waals surface area contributed by atoms with Gasteiger partial charge in [-0.15, -0.1) is 0 Å². The summed E-state index contributed by atoms with van der Waals surface area (Å²) in [6.07, 6.45) is 5.37. The molecule has 2 amide bonds. The van der Waals surface area contributed by atoms with Crippen LogP contribution >= 0.6 is 23.2 Å². The van der Waals surface area contributed by atoms with Crippen LogP contribution in [0.2, 0.25) is 10.0 Å². The highest BCUT2D eigenvalue weighted by Crippen LogP contribution is 2.28. The Morgan fingerprint density at radius 1 is 0.909 bits per heavy atom. The maximum atomic E-state index is 14.4. The fourth-order valence-electron chi connectivity index (χ4n) is 5.54. The third-order valence-corrected chi connectivity index (χ3v) is 10.7. The van der Waals surface area contributed by atoms with E-state index in [-0.39, 0.29) is 23.4 Å². The molecule has 1 N–H and O–H groups in total. The van der Waals surface area contributed by atoms with Crippen LogP contribution in [0.5, 0.6) is 0 Å². The first-order chi connectivity index (χ1) is 20.9. The van der Waals surface area contributed by atoms with Gasteiger partial charge < -0.3 is 10.2 Å². The van der Waals surface area contributed by atoms with Crippen LogP contribution in [0.1, 0.15) is 67.7 Å². The van der Waals surface area contributed by atoms with Gasteiger partial charge in [0, 0.05) is 22.6 Å².